The quantitative estimate of drug-likeness (QED) is 0.829. The molecule has 0 spiro atoms. The first kappa shape index (κ1) is 14.4. The van der Waals surface area contributed by atoms with Gasteiger partial charge in [0.1, 0.15) is 0 Å². The summed E-state index contributed by atoms with van der Waals surface area (Å²) in [4.78, 5) is 12.8. The van der Waals surface area contributed by atoms with E-state index in [9.17, 15) is 4.79 Å². The van der Waals surface area contributed by atoms with Crippen LogP contribution in [-0.2, 0) is 4.79 Å². The van der Waals surface area contributed by atoms with Crippen LogP contribution in [-0.4, -0.2) is 17.7 Å². The van der Waals surface area contributed by atoms with E-state index in [4.69, 9.17) is 11.6 Å². The molecule has 1 aromatic carbocycles. The van der Waals surface area contributed by atoms with E-state index in [2.05, 4.69) is 19.2 Å². The van der Waals surface area contributed by atoms with Crippen LogP contribution in [0.2, 0.25) is 5.02 Å². The largest absolute Gasteiger partial charge is 0.355 e. The molecule has 0 aliphatic heterocycles. The molecule has 4 heteroatoms. The number of nitrogens with one attached hydrogen (secondary N) is 1. The SMILES string of the molecule is CC(C)CNC(=O)[C@@H](C)Sc1ccc(Cl)cc1. The molecule has 1 aromatic rings. The number of hydrogen-bond acceptors (Lipinski definition) is 2. The van der Waals surface area contributed by atoms with Crippen LogP contribution < -0.4 is 5.32 Å². The molecule has 94 valence electrons. The molecule has 0 saturated carbocycles. The van der Waals surface area contributed by atoms with E-state index in [0.717, 1.165) is 11.4 Å². The maximum Gasteiger partial charge on any atom is 0.233 e. The second-order valence-electron chi connectivity index (χ2n) is 4.35. The van der Waals surface area contributed by atoms with Crippen LogP contribution >= 0.6 is 23.4 Å². The molecule has 0 heterocycles. The maximum absolute atomic E-state index is 11.8. The summed E-state index contributed by atoms with van der Waals surface area (Å²) in [6.07, 6.45) is 0. The predicted molar refractivity (Wildman–Crippen MR) is 74.6 cm³/mol. The van der Waals surface area contributed by atoms with E-state index in [1.807, 2.05) is 31.2 Å². The highest BCUT2D eigenvalue weighted by atomic mass is 35.5. The number of benzene rings is 1. The van der Waals surface area contributed by atoms with Crippen LogP contribution in [0, 0.1) is 5.92 Å². The monoisotopic (exact) mass is 271 g/mol. The van der Waals surface area contributed by atoms with Gasteiger partial charge in [0.25, 0.3) is 0 Å². The highest BCUT2D eigenvalue weighted by Gasteiger charge is 2.13. The summed E-state index contributed by atoms with van der Waals surface area (Å²) in [7, 11) is 0. The Bertz CT molecular complexity index is 364. The third kappa shape index (κ3) is 5.46. The molecular weight excluding hydrogens is 254 g/mol. The average Bonchev–Trinajstić information content (AvgIpc) is 2.28. The van der Waals surface area contributed by atoms with Gasteiger partial charge in [-0.1, -0.05) is 25.4 Å². The highest BCUT2D eigenvalue weighted by Crippen LogP contribution is 2.24. The first-order chi connectivity index (χ1) is 7.99. The molecule has 0 radical (unpaired) electrons. The molecule has 0 aliphatic carbocycles. The maximum atomic E-state index is 11.8. The lowest BCUT2D eigenvalue weighted by Gasteiger charge is -2.13. The van der Waals surface area contributed by atoms with Crippen LogP contribution in [0.15, 0.2) is 29.2 Å². The average molecular weight is 272 g/mol. The van der Waals surface area contributed by atoms with Crippen molar-refractivity contribution in [1.29, 1.82) is 0 Å². The van der Waals surface area contributed by atoms with Crippen molar-refractivity contribution in [3.8, 4) is 0 Å². The Kier molecular flexibility index (Phi) is 5.86. The first-order valence-electron chi connectivity index (χ1n) is 5.69. The molecule has 1 atom stereocenters. The minimum absolute atomic E-state index is 0.0821. The summed E-state index contributed by atoms with van der Waals surface area (Å²) in [6, 6.07) is 7.53. The third-order valence-corrected chi connectivity index (χ3v) is 3.54. The topological polar surface area (TPSA) is 29.1 Å². The summed E-state index contributed by atoms with van der Waals surface area (Å²) >= 11 is 7.35. The molecule has 0 saturated heterocycles. The Balaban J connectivity index is 2.45. The van der Waals surface area contributed by atoms with Crippen LogP contribution in [0.5, 0.6) is 0 Å². The van der Waals surface area contributed by atoms with Gasteiger partial charge in [-0.2, -0.15) is 0 Å². The summed E-state index contributed by atoms with van der Waals surface area (Å²) in [6.45, 7) is 6.80. The molecule has 0 unspecified atom stereocenters. The van der Waals surface area contributed by atoms with E-state index in [1.165, 1.54) is 0 Å². The smallest absolute Gasteiger partial charge is 0.233 e. The van der Waals surface area contributed by atoms with Gasteiger partial charge >= 0.3 is 0 Å². The molecule has 0 aliphatic rings. The summed E-state index contributed by atoms with van der Waals surface area (Å²) in [5, 5.41) is 3.55. The Labute approximate surface area is 112 Å². The molecule has 1 N–H and O–H groups in total. The lowest BCUT2D eigenvalue weighted by atomic mass is 10.2. The summed E-state index contributed by atoms with van der Waals surface area (Å²) in [5.41, 5.74) is 0. The van der Waals surface area contributed by atoms with Gasteiger partial charge < -0.3 is 5.32 Å². The van der Waals surface area contributed by atoms with E-state index in [0.29, 0.717) is 10.9 Å². The Morgan fingerprint density at radius 3 is 2.41 bits per heavy atom. The zero-order chi connectivity index (χ0) is 12.8. The highest BCUT2D eigenvalue weighted by molar-refractivity contribution is 8.00. The minimum Gasteiger partial charge on any atom is -0.355 e. The molecule has 1 amide bonds. The Morgan fingerprint density at radius 1 is 1.29 bits per heavy atom. The fraction of sp³-hybridized carbons (Fsp3) is 0.462. The molecular formula is C13H18ClNOS. The molecule has 0 fully saturated rings. The zero-order valence-electron chi connectivity index (χ0n) is 10.4. The van der Waals surface area contributed by atoms with Gasteiger partial charge in [0.15, 0.2) is 0 Å². The summed E-state index contributed by atoms with van der Waals surface area (Å²) in [5.74, 6) is 0.560. The second kappa shape index (κ2) is 6.92. The van der Waals surface area contributed by atoms with Crippen molar-refractivity contribution in [3.63, 3.8) is 0 Å². The fourth-order valence-electron chi connectivity index (χ4n) is 1.22. The van der Waals surface area contributed by atoms with Gasteiger partial charge in [0, 0.05) is 16.5 Å². The number of hydrogen-bond donors (Lipinski definition) is 1. The number of rotatable bonds is 5. The number of carbonyl (C=O) groups is 1. The van der Waals surface area contributed by atoms with E-state index in [1.54, 1.807) is 11.8 Å². The van der Waals surface area contributed by atoms with Crippen molar-refractivity contribution in [3.05, 3.63) is 29.3 Å². The lowest BCUT2D eigenvalue weighted by molar-refractivity contribution is -0.120. The first-order valence-corrected chi connectivity index (χ1v) is 6.94. The van der Waals surface area contributed by atoms with Crippen LogP contribution in [0.25, 0.3) is 0 Å². The standard InChI is InChI=1S/C13H18ClNOS/c1-9(2)8-15-13(16)10(3)17-12-6-4-11(14)5-7-12/h4-7,9-10H,8H2,1-3H3,(H,15,16)/t10-/m1/s1. The molecule has 1 rings (SSSR count). The van der Waals surface area contributed by atoms with Crippen molar-refractivity contribution in [1.82, 2.24) is 5.32 Å². The van der Waals surface area contributed by atoms with Crippen molar-refractivity contribution >= 4 is 29.3 Å². The van der Waals surface area contributed by atoms with E-state index < -0.39 is 0 Å². The van der Waals surface area contributed by atoms with Gasteiger partial charge in [-0.05, 0) is 37.1 Å². The zero-order valence-corrected chi connectivity index (χ0v) is 11.9. The van der Waals surface area contributed by atoms with Gasteiger partial charge in [-0.25, -0.2) is 0 Å². The minimum atomic E-state index is -0.0880. The summed E-state index contributed by atoms with van der Waals surface area (Å²) < 4.78 is 0. The number of amides is 1. The van der Waals surface area contributed by atoms with Crippen molar-refractivity contribution in [2.75, 3.05) is 6.54 Å². The molecule has 0 bridgehead atoms. The van der Waals surface area contributed by atoms with Crippen molar-refractivity contribution < 1.29 is 4.79 Å². The van der Waals surface area contributed by atoms with E-state index >= 15 is 0 Å². The van der Waals surface area contributed by atoms with Crippen LogP contribution in [0.1, 0.15) is 20.8 Å². The molecule has 17 heavy (non-hydrogen) atoms. The molecule has 2 nitrogen and oxygen atoms in total. The van der Waals surface area contributed by atoms with E-state index in [-0.39, 0.29) is 11.2 Å². The van der Waals surface area contributed by atoms with Crippen LogP contribution in [0.3, 0.4) is 0 Å². The number of halogens is 1. The normalized spacial score (nSPS) is 12.5. The van der Waals surface area contributed by atoms with Crippen LogP contribution in [0.4, 0.5) is 0 Å². The van der Waals surface area contributed by atoms with Crippen molar-refractivity contribution in [2.45, 2.75) is 30.9 Å². The second-order valence-corrected chi connectivity index (χ2v) is 6.20. The predicted octanol–water partition coefficient (Wildman–Crippen LogP) is 3.59. The van der Waals surface area contributed by atoms with Gasteiger partial charge in [0.2, 0.25) is 5.91 Å². The lowest BCUT2D eigenvalue weighted by Crippen LogP contribution is -2.33. The van der Waals surface area contributed by atoms with Gasteiger partial charge in [-0.3, -0.25) is 4.79 Å². The Morgan fingerprint density at radius 2 is 1.88 bits per heavy atom. The van der Waals surface area contributed by atoms with Gasteiger partial charge in [0.05, 0.1) is 5.25 Å². The third-order valence-electron chi connectivity index (χ3n) is 2.18. The number of carbonyl (C=O) groups excluding carboxylic acids is 1. The number of thioether (sulfide) groups is 1. The van der Waals surface area contributed by atoms with Gasteiger partial charge in [-0.15, -0.1) is 11.8 Å². The fourth-order valence-corrected chi connectivity index (χ4v) is 2.24. The van der Waals surface area contributed by atoms with Crippen molar-refractivity contribution in [2.24, 2.45) is 5.92 Å². The Hall–Kier alpha value is -0.670. The molecule has 0 aromatic heterocycles.